The fourth-order valence-corrected chi connectivity index (χ4v) is 4.39. The Bertz CT molecular complexity index is 766. The molecule has 5 nitrogen and oxygen atoms in total. The highest BCUT2D eigenvalue weighted by atomic mass is 35.5. The van der Waals surface area contributed by atoms with Crippen molar-refractivity contribution in [2.24, 2.45) is 13.0 Å². The Morgan fingerprint density at radius 1 is 1.11 bits per heavy atom. The van der Waals surface area contributed by atoms with Gasteiger partial charge in [0.15, 0.2) is 0 Å². The van der Waals surface area contributed by atoms with E-state index in [-0.39, 0.29) is 18.3 Å². The standard InChI is InChI=1S/C21H28N4O.ClH/c1-24-20(16-6-3-2-4-7-16)18-10-14-25(15-11-19(18)23-24)21(26)17-8-5-12-22-13-9-17;/h2-4,6-7,17,22H,5,8-15H2,1H3;1H. The zero-order chi connectivity index (χ0) is 17.9. The molecule has 2 aromatic rings. The van der Waals surface area contributed by atoms with Gasteiger partial charge in [-0.25, -0.2) is 0 Å². The average molecular weight is 389 g/mol. The maximum Gasteiger partial charge on any atom is 0.225 e. The minimum atomic E-state index is 0. The summed E-state index contributed by atoms with van der Waals surface area (Å²) in [6.07, 6.45) is 4.84. The molecule has 0 bridgehead atoms. The molecular formula is C21H29ClN4O. The number of carbonyl (C=O) groups excluding carboxylic acids is 1. The summed E-state index contributed by atoms with van der Waals surface area (Å²) in [7, 11) is 2.03. The number of aromatic nitrogens is 2. The van der Waals surface area contributed by atoms with Gasteiger partial charge < -0.3 is 10.2 Å². The Labute approximate surface area is 167 Å². The number of nitrogens with zero attached hydrogens (tertiary/aromatic N) is 3. The van der Waals surface area contributed by atoms with Crippen LogP contribution in [0.25, 0.3) is 11.3 Å². The second-order valence-electron chi connectivity index (χ2n) is 7.47. The summed E-state index contributed by atoms with van der Waals surface area (Å²) >= 11 is 0. The fraction of sp³-hybridized carbons (Fsp3) is 0.524. The van der Waals surface area contributed by atoms with Gasteiger partial charge in [-0.3, -0.25) is 9.48 Å². The lowest BCUT2D eigenvalue weighted by Crippen LogP contribution is -2.38. The van der Waals surface area contributed by atoms with Gasteiger partial charge in [0.25, 0.3) is 0 Å². The maximum absolute atomic E-state index is 13.0. The van der Waals surface area contributed by atoms with E-state index in [1.807, 2.05) is 17.8 Å². The smallest absolute Gasteiger partial charge is 0.225 e. The SMILES string of the molecule is Cl.Cn1nc2c(c1-c1ccccc1)CCN(C(=O)C1CCCNCC1)CC2. The first-order valence-electron chi connectivity index (χ1n) is 9.83. The number of fused-ring (bicyclic) bond motifs is 1. The number of amides is 1. The number of hydrogen-bond donors (Lipinski definition) is 1. The van der Waals surface area contributed by atoms with Crippen LogP contribution in [0, 0.1) is 5.92 Å². The predicted octanol–water partition coefficient (Wildman–Crippen LogP) is 2.83. The molecule has 1 atom stereocenters. The zero-order valence-corrected chi connectivity index (χ0v) is 16.8. The van der Waals surface area contributed by atoms with E-state index in [9.17, 15) is 4.79 Å². The van der Waals surface area contributed by atoms with Crippen LogP contribution in [0.15, 0.2) is 30.3 Å². The minimum Gasteiger partial charge on any atom is -0.342 e. The van der Waals surface area contributed by atoms with Gasteiger partial charge in [0.1, 0.15) is 0 Å². The fourth-order valence-electron chi connectivity index (χ4n) is 4.39. The van der Waals surface area contributed by atoms with E-state index in [0.29, 0.717) is 5.91 Å². The van der Waals surface area contributed by atoms with Crippen molar-refractivity contribution in [2.75, 3.05) is 26.2 Å². The van der Waals surface area contributed by atoms with Gasteiger partial charge in [0.2, 0.25) is 5.91 Å². The van der Waals surface area contributed by atoms with E-state index in [0.717, 1.165) is 64.0 Å². The van der Waals surface area contributed by atoms with Crippen LogP contribution in [0.3, 0.4) is 0 Å². The van der Waals surface area contributed by atoms with Crippen LogP contribution in [0.1, 0.15) is 30.5 Å². The third-order valence-corrected chi connectivity index (χ3v) is 5.76. The maximum atomic E-state index is 13.0. The molecule has 0 spiro atoms. The normalized spacial score (nSPS) is 20.2. The first kappa shape index (κ1) is 19.9. The molecule has 1 fully saturated rings. The molecule has 1 saturated heterocycles. The molecule has 1 unspecified atom stereocenters. The summed E-state index contributed by atoms with van der Waals surface area (Å²) < 4.78 is 2.01. The summed E-state index contributed by atoms with van der Waals surface area (Å²) in [5.74, 6) is 0.541. The molecule has 1 aromatic carbocycles. The van der Waals surface area contributed by atoms with Crippen molar-refractivity contribution in [3.63, 3.8) is 0 Å². The summed E-state index contributed by atoms with van der Waals surface area (Å²) in [6, 6.07) is 10.5. The van der Waals surface area contributed by atoms with Crippen molar-refractivity contribution in [1.82, 2.24) is 20.0 Å². The van der Waals surface area contributed by atoms with Crippen LogP contribution >= 0.6 is 12.4 Å². The molecule has 2 aliphatic heterocycles. The number of rotatable bonds is 2. The van der Waals surface area contributed by atoms with Crippen molar-refractivity contribution >= 4 is 18.3 Å². The molecule has 1 N–H and O–H groups in total. The van der Waals surface area contributed by atoms with Gasteiger partial charge in [-0.05, 0) is 38.8 Å². The van der Waals surface area contributed by atoms with Gasteiger partial charge in [-0.2, -0.15) is 5.10 Å². The largest absolute Gasteiger partial charge is 0.342 e. The second-order valence-corrected chi connectivity index (χ2v) is 7.47. The van der Waals surface area contributed by atoms with Gasteiger partial charge in [-0.1, -0.05) is 30.3 Å². The Kier molecular flexibility index (Phi) is 6.55. The molecule has 146 valence electrons. The molecule has 6 heteroatoms. The van der Waals surface area contributed by atoms with Crippen LogP contribution < -0.4 is 5.32 Å². The molecule has 3 heterocycles. The quantitative estimate of drug-likeness (QED) is 0.860. The Hall–Kier alpha value is -1.85. The molecule has 1 amide bonds. The number of carbonyl (C=O) groups is 1. The van der Waals surface area contributed by atoms with Gasteiger partial charge in [-0.15, -0.1) is 12.4 Å². The van der Waals surface area contributed by atoms with Crippen molar-refractivity contribution in [2.45, 2.75) is 32.1 Å². The zero-order valence-electron chi connectivity index (χ0n) is 16.0. The van der Waals surface area contributed by atoms with Crippen molar-refractivity contribution in [3.05, 3.63) is 41.6 Å². The van der Waals surface area contributed by atoms with Crippen LogP contribution in [0.2, 0.25) is 0 Å². The van der Waals surface area contributed by atoms with Gasteiger partial charge >= 0.3 is 0 Å². The van der Waals surface area contributed by atoms with E-state index in [1.54, 1.807) is 0 Å². The molecule has 2 aliphatic rings. The Morgan fingerprint density at radius 2 is 1.89 bits per heavy atom. The molecular weight excluding hydrogens is 360 g/mol. The Balaban J connectivity index is 0.00000210. The highest BCUT2D eigenvalue weighted by Crippen LogP contribution is 2.29. The lowest BCUT2D eigenvalue weighted by molar-refractivity contribution is -0.135. The van der Waals surface area contributed by atoms with E-state index in [4.69, 9.17) is 5.10 Å². The minimum absolute atomic E-state index is 0. The molecule has 4 rings (SSSR count). The van der Waals surface area contributed by atoms with E-state index in [2.05, 4.69) is 34.5 Å². The average Bonchev–Trinajstić information content (AvgIpc) is 2.88. The first-order chi connectivity index (χ1) is 12.7. The van der Waals surface area contributed by atoms with Crippen LogP contribution in [-0.4, -0.2) is 46.8 Å². The number of hydrogen-bond acceptors (Lipinski definition) is 3. The highest BCUT2D eigenvalue weighted by Gasteiger charge is 2.28. The summed E-state index contributed by atoms with van der Waals surface area (Å²) in [6.45, 7) is 3.60. The third-order valence-electron chi connectivity index (χ3n) is 5.76. The molecule has 27 heavy (non-hydrogen) atoms. The molecule has 0 saturated carbocycles. The first-order valence-corrected chi connectivity index (χ1v) is 9.83. The summed E-state index contributed by atoms with van der Waals surface area (Å²) in [5.41, 5.74) is 4.88. The lowest BCUT2D eigenvalue weighted by atomic mass is 9.99. The molecule has 0 aliphatic carbocycles. The monoisotopic (exact) mass is 388 g/mol. The number of halogens is 1. The third kappa shape index (κ3) is 4.19. The van der Waals surface area contributed by atoms with Crippen molar-refractivity contribution in [1.29, 1.82) is 0 Å². The number of nitrogens with one attached hydrogen (secondary N) is 1. The van der Waals surface area contributed by atoms with Crippen molar-refractivity contribution < 1.29 is 4.79 Å². The predicted molar refractivity (Wildman–Crippen MR) is 110 cm³/mol. The molecule has 1 aromatic heterocycles. The van der Waals surface area contributed by atoms with Crippen LogP contribution in [-0.2, 0) is 24.7 Å². The van der Waals surface area contributed by atoms with E-state index >= 15 is 0 Å². The van der Waals surface area contributed by atoms with Gasteiger partial charge in [0.05, 0.1) is 11.4 Å². The van der Waals surface area contributed by atoms with E-state index in [1.165, 1.54) is 16.8 Å². The van der Waals surface area contributed by atoms with E-state index < -0.39 is 0 Å². The molecule has 0 radical (unpaired) electrons. The Morgan fingerprint density at radius 3 is 2.70 bits per heavy atom. The summed E-state index contributed by atoms with van der Waals surface area (Å²) in [5, 5.41) is 8.18. The van der Waals surface area contributed by atoms with Gasteiger partial charge in [0, 0.05) is 43.6 Å². The van der Waals surface area contributed by atoms with Crippen LogP contribution in [0.4, 0.5) is 0 Å². The van der Waals surface area contributed by atoms with Crippen LogP contribution in [0.5, 0.6) is 0 Å². The highest BCUT2D eigenvalue weighted by molar-refractivity contribution is 5.85. The summed E-state index contributed by atoms with van der Waals surface area (Å²) in [4.78, 5) is 15.1. The van der Waals surface area contributed by atoms with Crippen molar-refractivity contribution in [3.8, 4) is 11.3 Å². The second kappa shape index (κ2) is 8.89. The lowest BCUT2D eigenvalue weighted by Gasteiger charge is -2.25. The number of aryl methyl sites for hydroxylation is 1. The number of benzene rings is 1. The topological polar surface area (TPSA) is 50.2 Å².